The van der Waals surface area contributed by atoms with Crippen molar-refractivity contribution in [3.63, 3.8) is 0 Å². The number of nitrogens with two attached hydrogens (primary N) is 1. The molecule has 4 aliphatic carbocycles. The predicted octanol–water partition coefficient (Wildman–Crippen LogP) is 2.05. The molecular formula is C15H26N2O. The average Bonchev–Trinajstić information content (AvgIpc) is 2.26. The van der Waals surface area contributed by atoms with E-state index < -0.39 is 0 Å². The maximum absolute atomic E-state index is 11.8. The first-order valence-electron chi connectivity index (χ1n) is 7.54. The second-order valence-electron chi connectivity index (χ2n) is 7.30. The Hall–Kier alpha value is -0.570. The van der Waals surface area contributed by atoms with Crippen LogP contribution in [-0.4, -0.2) is 18.0 Å². The molecule has 0 aromatic rings. The number of nitrogens with one attached hydrogen (secondary N) is 1. The number of carbonyl (C=O) groups is 1. The van der Waals surface area contributed by atoms with Crippen LogP contribution in [0.3, 0.4) is 0 Å². The van der Waals surface area contributed by atoms with Gasteiger partial charge in [0.05, 0.1) is 6.04 Å². The Labute approximate surface area is 110 Å². The smallest absolute Gasteiger partial charge is 0.236 e. The number of hydrogen-bond acceptors (Lipinski definition) is 2. The molecule has 4 bridgehead atoms. The van der Waals surface area contributed by atoms with E-state index in [-0.39, 0.29) is 11.9 Å². The van der Waals surface area contributed by atoms with Crippen molar-refractivity contribution in [1.82, 2.24) is 5.32 Å². The third kappa shape index (κ3) is 1.97. The SMILES string of the molecule is CC(NC(=O)[C@H](C)N)C12CC3CC(CC(C3)C1)C2. The molecule has 2 atom stereocenters. The van der Waals surface area contributed by atoms with Gasteiger partial charge in [-0.1, -0.05) is 0 Å². The van der Waals surface area contributed by atoms with E-state index in [9.17, 15) is 4.79 Å². The summed E-state index contributed by atoms with van der Waals surface area (Å²) < 4.78 is 0. The average molecular weight is 250 g/mol. The summed E-state index contributed by atoms with van der Waals surface area (Å²) in [5, 5.41) is 3.17. The predicted molar refractivity (Wildman–Crippen MR) is 71.9 cm³/mol. The van der Waals surface area contributed by atoms with Crippen molar-refractivity contribution in [2.24, 2.45) is 28.9 Å². The fraction of sp³-hybridized carbons (Fsp3) is 0.933. The molecule has 0 radical (unpaired) electrons. The first-order valence-corrected chi connectivity index (χ1v) is 7.54. The molecular weight excluding hydrogens is 224 g/mol. The Bertz CT molecular complexity index is 315. The third-order valence-electron chi connectivity index (χ3n) is 5.78. The van der Waals surface area contributed by atoms with Gasteiger partial charge in [-0.05, 0) is 75.5 Å². The van der Waals surface area contributed by atoms with Gasteiger partial charge >= 0.3 is 0 Å². The lowest BCUT2D eigenvalue weighted by Crippen LogP contribution is -2.57. The van der Waals surface area contributed by atoms with Gasteiger partial charge in [-0.15, -0.1) is 0 Å². The van der Waals surface area contributed by atoms with E-state index in [0.717, 1.165) is 17.8 Å². The van der Waals surface area contributed by atoms with Crippen LogP contribution < -0.4 is 11.1 Å². The number of carbonyl (C=O) groups excluding carboxylic acids is 1. The monoisotopic (exact) mass is 250 g/mol. The minimum Gasteiger partial charge on any atom is -0.352 e. The molecule has 1 amide bonds. The van der Waals surface area contributed by atoms with Crippen LogP contribution in [0.1, 0.15) is 52.4 Å². The van der Waals surface area contributed by atoms with Gasteiger partial charge in [0.15, 0.2) is 0 Å². The Morgan fingerprint density at radius 2 is 1.56 bits per heavy atom. The molecule has 3 nitrogen and oxygen atoms in total. The van der Waals surface area contributed by atoms with Crippen molar-refractivity contribution < 1.29 is 4.79 Å². The van der Waals surface area contributed by atoms with E-state index in [1.54, 1.807) is 6.92 Å². The molecule has 4 aliphatic rings. The van der Waals surface area contributed by atoms with Crippen molar-refractivity contribution in [2.75, 3.05) is 0 Å². The van der Waals surface area contributed by atoms with E-state index >= 15 is 0 Å². The molecule has 0 heterocycles. The summed E-state index contributed by atoms with van der Waals surface area (Å²) in [7, 11) is 0. The molecule has 1 unspecified atom stereocenters. The lowest BCUT2D eigenvalue weighted by Gasteiger charge is -2.59. The van der Waals surface area contributed by atoms with Gasteiger partial charge in [-0.25, -0.2) is 0 Å². The molecule has 4 fully saturated rings. The van der Waals surface area contributed by atoms with Crippen LogP contribution >= 0.6 is 0 Å². The topological polar surface area (TPSA) is 55.1 Å². The molecule has 0 aliphatic heterocycles. The van der Waals surface area contributed by atoms with Crippen molar-refractivity contribution in [1.29, 1.82) is 0 Å². The highest BCUT2D eigenvalue weighted by Crippen LogP contribution is 2.61. The molecule has 4 rings (SSSR count). The summed E-state index contributed by atoms with van der Waals surface area (Å²) in [6.45, 7) is 3.97. The molecule has 0 aromatic heterocycles. The summed E-state index contributed by atoms with van der Waals surface area (Å²) in [5.41, 5.74) is 6.05. The van der Waals surface area contributed by atoms with Crippen molar-refractivity contribution in [3.05, 3.63) is 0 Å². The van der Waals surface area contributed by atoms with Crippen LogP contribution in [0.15, 0.2) is 0 Å². The number of amides is 1. The van der Waals surface area contributed by atoms with Gasteiger partial charge in [-0.3, -0.25) is 4.79 Å². The van der Waals surface area contributed by atoms with Gasteiger partial charge in [-0.2, -0.15) is 0 Å². The number of hydrogen-bond donors (Lipinski definition) is 2. The minimum absolute atomic E-state index is 0.0123. The van der Waals surface area contributed by atoms with Gasteiger partial charge in [0.25, 0.3) is 0 Å². The molecule has 0 saturated heterocycles. The van der Waals surface area contributed by atoms with Crippen LogP contribution in [0, 0.1) is 23.2 Å². The van der Waals surface area contributed by atoms with Gasteiger partial charge in [0.2, 0.25) is 5.91 Å². The van der Waals surface area contributed by atoms with Crippen molar-refractivity contribution in [2.45, 2.75) is 64.5 Å². The van der Waals surface area contributed by atoms with Crippen LogP contribution in [0.5, 0.6) is 0 Å². The molecule has 4 saturated carbocycles. The van der Waals surface area contributed by atoms with Gasteiger partial charge in [0.1, 0.15) is 0 Å². The second-order valence-corrected chi connectivity index (χ2v) is 7.30. The highest BCUT2D eigenvalue weighted by Gasteiger charge is 2.53. The maximum atomic E-state index is 11.8. The molecule has 3 heteroatoms. The van der Waals surface area contributed by atoms with E-state index in [1.165, 1.54) is 38.5 Å². The molecule has 18 heavy (non-hydrogen) atoms. The Morgan fingerprint density at radius 3 is 1.94 bits per heavy atom. The first kappa shape index (κ1) is 12.5. The van der Waals surface area contributed by atoms with Crippen LogP contribution in [0.2, 0.25) is 0 Å². The molecule has 0 spiro atoms. The fourth-order valence-corrected chi connectivity index (χ4v) is 5.21. The summed E-state index contributed by atoms with van der Waals surface area (Å²) in [6.07, 6.45) is 8.35. The zero-order chi connectivity index (χ0) is 12.9. The molecule has 3 N–H and O–H groups in total. The Kier molecular flexibility index (Phi) is 2.92. The van der Waals surface area contributed by atoms with E-state index in [2.05, 4.69) is 12.2 Å². The summed E-state index contributed by atoms with van der Waals surface area (Å²) in [5.74, 6) is 2.82. The zero-order valence-electron chi connectivity index (χ0n) is 11.6. The minimum atomic E-state index is -0.388. The van der Waals surface area contributed by atoms with Crippen LogP contribution in [0.25, 0.3) is 0 Å². The highest BCUT2D eigenvalue weighted by atomic mass is 16.2. The largest absolute Gasteiger partial charge is 0.352 e. The van der Waals surface area contributed by atoms with Crippen LogP contribution in [0.4, 0.5) is 0 Å². The summed E-state index contributed by atoms with van der Waals surface area (Å²) in [4.78, 5) is 11.8. The first-order chi connectivity index (χ1) is 8.48. The summed E-state index contributed by atoms with van der Waals surface area (Å²) in [6, 6.07) is -0.0919. The van der Waals surface area contributed by atoms with E-state index in [1.807, 2.05) is 0 Å². The highest BCUT2D eigenvalue weighted by molar-refractivity contribution is 5.81. The lowest BCUT2D eigenvalue weighted by atomic mass is 9.48. The van der Waals surface area contributed by atoms with Gasteiger partial charge < -0.3 is 11.1 Å². The Morgan fingerprint density at radius 1 is 1.11 bits per heavy atom. The zero-order valence-corrected chi connectivity index (χ0v) is 11.6. The Balaban J connectivity index is 1.73. The quantitative estimate of drug-likeness (QED) is 0.805. The normalized spacial score (nSPS) is 44.7. The van der Waals surface area contributed by atoms with E-state index in [0.29, 0.717) is 11.5 Å². The second kappa shape index (κ2) is 4.22. The van der Waals surface area contributed by atoms with E-state index in [4.69, 9.17) is 5.73 Å². The van der Waals surface area contributed by atoms with Gasteiger partial charge in [0, 0.05) is 6.04 Å². The number of rotatable bonds is 3. The van der Waals surface area contributed by atoms with Crippen molar-refractivity contribution >= 4 is 5.91 Å². The molecule has 0 aromatic carbocycles. The lowest BCUT2D eigenvalue weighted by molar-refractivity contribution is -0.126. The summed E-state index contributed by atoms with van der Waals surface area (Å²) >= 11 is 0. The standard InChI is InChI=1S/C15H26N2O/c1-9(16)14(18)17-10(2)15-6-11-3-12(7-15)5-13(4-11)8-15/h9-13H,3-8,16H2,1-2H3,(H,17,18)/t9-,10?,11?,12?,13?,15?/m0/s1. The fourth-order valence-electron chi connectivity index (χ4n) is 5.21. The third-order valence-corrected chi connectivity index (χ3v) is 5.78. The van der Waals surface area contributed by atoms with Crippen LogP contribution in [-0.2, 0) is 4.79 Å². The van der Waals surface area contributed by atoms with Crippen molar-refractivity contribution in [3.8, 4) is 0 Å². The maximum Gasteiger partial charge on any atom is 0.236 e. The molecule has 102 valence electrons.